The molecule has 14 heavy (non-hydrogen) atoms. The van der Waals surface area contributed by atoms with Gasteiger partial charge in [-0.3, -0.25) is 0 Å². The summed E-state index contributed by atoms with van der Waals surface area (Å²) >= 11 is 0. The molecule has 1 atom stereocenters. The molecule has 0 bridgehead atoms. The Morgan fingerprint density at radius 1 is 1.43 bits per heavy atom. The van der Waals surface area contributed by atoms with Gasteiger partial charge in [-0.1, -0.05) is 6.42 Å². The fourth-order valence-corrected chi connectivity index (χ4v) is 1.67. The number of piperidine rings is 1. The van der Waals surface area contributed by atoms with Gasteiger partial charge >= 0.3 is 0 Å². The van der Waals surface area contributed by atoms with E-state index < -0.39 is 0 Å². The van der Waals surface area contributed by atoms with Crippen molar-refractivity contribution in [2.75, 3.05) is 6.54 Å². The number of nitrogens with one attached hydrogen (secondary N) is 1. The van der Waals surface area contributed by atoms with Crippen LogP contribution in [0.2, 0.25) is 0 Å². The molecule has 1 aliphatic heterocycles. The molecular weight excluding hydrogens is 178 g/mol. The van der Waals surface area contributed by atoms with E-state index in [1.165, 1.54) is 12.8 Å². The number of tetrazole rings is 1. The summed E-state index contributed by atoms with van der Waals surface area (Å²) in [7, 11) is 0. The van der Waals surface area contributed by atoms with Gasteiger partial charge in [0.2, 0.25) is 0 Å². The lowest BCUT2D eigenvalue weighted by Crippen LogP contribution is -2.27. The SMILES string of the molecule is CC(C)n1nnc(C2CCCCN2)n1. The number of hydrogen-bond acceptors (Lipinski definition) is 4. The third-order valence-corrected chi connectivity index (χ3v) is 2.53. The Balaban J connectivity index is 2.07. The number of hydrogen-bond donors (Lipinski definition) is 1. The molecule has 2 heterocycles. The third kappa shape index (κ3) is 1.92. The quantitative estimate of drug-likeness (QED) is 0.767. The van der Waals surface area contributed by atoms with Crippen molar-refractivity contribution in [1.82, 2.24) is 25.5 Å². The van der Waals surface area contributed by atoms with E-state index in [4.69, 9.17) is 0 Å². The van der Waals surface area contributed by atoms with Crippen LogP contribution in [0.15, 0.2) is 0 Å². The van der Waals surface area contributed by atoms with Crippen LogP contribution in [0.3, 0.4) is 0 Å². The highest BCUT2D eigenvalue weighted by atomic mass is 15.6. The standard InChI is InChI=1S/C9H17N5/c1-7(2)14-12-9(11-13-14)8-5-3-4-6-10-8/h7-8,10H,3-6H2,1-2H3. The van der Waals surface area contributed by atoms with Crippen molar-refractivity contribution in [1.29, 1.82) is 0 Å². The molecule has 2 rings (SSSR count). The molecule has 0 radical (unpaired) electrons. The number of rotatable bonds is 2. The molecule has 0 spiro atoms. The normalized spacial score (nSPS) is 22.9. The monoisotopic (exact) mass is 195 g/mol. The van der Waals surface area contributed by atoms with Crippen molar-refractivity contribution in [3.63, 3.8) is 0 Å². The van der Waals surface area contributed by atoms with Crippen molar-refractivity contribution in [2.24, 2.45) is 0 Å². The van der Waals surface area contributed by atoms with E-state index in [0.29, 0.717) is 12.1 Å². The van der Waals surface area contributed by atoms with Gasteiger partial charge < -0.3 is 5.32 Å². The Kier molecular flexibility index (Phi) is 2.77. The van der Waals surface area contributed by atoms with Crippen molar-refractivity contribution in [2.45, 2.75) is 45.2 Å². The minimum Gasteiger partial charge on any atom is -0.307 e. The first kappa shape index (κ1) is 9.58. The van der Waals surface area contributed by atoms with Gasteiger partial charge in [0.1, 0.15) is 0 Å². The predicted octanol–water partition coefficient (Wildman–Crippen LogP) is 1.07. The Bertz CT molecular complexity index is 287. The minimum atomic E-state index is 0.292. The van der Waals surface area contributed by atoms with Gasteiger partial charge in [0.15, 0.2) is 5.82 Å². The zero-order valence-electron chi connectivity index (χ0n) is 8.77. The summed E-state index contributed by atoms with van der Waals surface area (Å²) in [6.45, 7) is 5.18. The summed E-state index contributed by atoms with van der Waals surface area (Å²) in [5.41, 5.74) is 0. The highest BCUT2D eigenvalue weighted by molar-refractivity contribution is 4.91. The number of aromatic nitrogens is 4. The van der Waals surface area contributed by atoms with Gasteiger partial charge in [-0.25, -0.2) is 0 Å². The molecule has 0 aromatic carbocycles. The van der Waals surface area contributed by atoms with Gasteiger partial charge in [-0.15, -0.1) is 10.2 Å². The van der Waals surface area contributed by atoms with Crippen molar-refractivity contribution in [3.8, 4) is 0 Å². The zero-order valence-corrected chi connectivity index (χ0v) is 8.77. The Hall–Kier alpha value is -0.970. The molecule has 1 aromatic rings. The highest BCUT2D eigenvalue weighted by Gasteiger charge is 2.19. The van der Waals surface area contributed by atoms with Gasteiger partial charge in [-0.05, 0) is 38.4 Å². The molecule has 1 aliphatic rings. The lowest BCUT2D eigenvalue weighted by atomic mass is 10.1. The fraction of sp³-hybridized carbons (Fsp3) is 0.889. The van der Waals surface area contributed by atoms with Gasteiger partial charge in [0, 0.05) is 0 Å². The van der Waals surface area contributed by atoms with E-state index in [9.17, 15) is 0 Å². The molecule has 0 aliphatic carbocycles. The molecule has 1 N–H and O–H groups in total. The first-order valence-electron chi connectivity index (χ1n) is 5.30. The first-order chi connectivity index (χ1) is 6.77. The molecule has 1 fully saturated rings. The third-order valence-electron chi connectivity index (χ3n) is 2.53. The van der Waals surface area contributed by atoms with E-state index >= 15 is 0 Å². The fourth-order valence-electron chi connectivity index (χ4n) is 1.67. The van der Waals surface area contributed by atoms with Crippen LogP contribution >= 0.6 is 0 Å². The second kappa shape index (κ2) is 4.04. The van der Waals surface area contributed by atoms with Gasteiger partial charge in [0.25, 0.3) is 0 Å². The average Bonchev–Trinajstić information content (AvgIpc) is 2.68. The van der Waals surface area contributed by atoms with E-state index in [2.05, 4.69) is 34.6 Å². The highest BCUT2D eigenvalue weighted by Crippen LogP contribution is 2.19. The van der Waals surface area contributed by atoms with E-state index in [-0.39, 0.29) is 0 Å². The van der Waals surface area contributed by atoms with Crippen LogP contribution < -0.4 is 5.32 Å². The molecular formula is C9H17N5. The van der Waals surface area contributed by atoms with E-state index in [1.807, 2.05) is 0 Å². The van der Waals surface area contributed by atoms with E-state index in [1.54, 1.807) is 4.80 Å². The largest absolute Gasteiger partial charge is 0.307 e. The summed E-state index contributed by atoms with van der Waals surface area (Å²) in [4.78, 5) is 1.67. The van der Waals surface area contributed by atoms with Crippen molar-refractivity contribution in [3.05, 3.63) is 5.82 Å². The van der Waals surface area contributed by atoms with Crippen LogP contribution in [-0.4, -0.2) is 26.8 Å². The van der Waals surface area contributed by atoms with Gasteiger partial charge in [0.05, 0.1) is 12.1 Å². The summed E-state index contributed by atoms with van der Waals surface area (Å²) in [5, 5.41) is 15.9. The average molecular weight is 195 g/mol. The molecule has 1 saturated heterocycles. The lowest BCUT2D eigenvalue weighted by molar-refractivity contribution is 0.392. The minimum absolute atomic E-state index is 0.292. The maximum absolute atomic E-state index is 4.37. The lowest BCUT2D eigenvalue weighted by Gasteiger charge is -2.19. The summed E-state index contributed by atoms with van der Waals surface area (Å²) in [6.07, 6.45) is 3.65. The van der Waals surface area contributed by atoms with Gasteiger partial charge in [-0.2, -0.15) is 4.80 Å². The van der Waals surface area contributed by atoms with Crippen molar-refractivity contribution < 1.29 is 0 Å². The van der Waals surface area contributed by atoms with Crippen LogP contribution in [-0.2, 0) is 0 Å². The maximum Gasteiger partial charge on any atom is 0.191 e. The number of nitrogens with zero attached hydrogens (tertiary/aromatic N) is 4. The van der Waals surface area contributed by atoms with Crippen LogP contribution in [0.4, 0.5) is 0 Å². The topological polar surface area (TPSA) is 55.6 Å². The molecule has 0 saturated carbocycles. The van der Waals surface area contributed by atoms with E-state index in [0.717, 1.165) is 18.8 Å². The molecule has 5 heteroatoms. The molecule has 1 unspecified atom stereocenters. The second-order valence-corrected chi connectivity index (χ2v) is 4.06. The molecule has 5 nitrogen and oxygen atoms in total. The van der Waals surface area contributed by atoms with Crippen LogP contribution in [0.5, 0.6) is 0 Å². The zero-order chi connectivity index (χ0) is 9.97. The maximum atomic E-state index is 4.37. The first-order valence-corrected chi connectivity index (χ1v) is 5.30. The molecule has 1 aromatic heterocycles. The van der Waals surface area contributed by atoms with Crippen molar-refractivity contribution >= 4 is 0 Å². The summed E-state index contributed by atoms with van der Waals surface area (Å²) < 4.78 is 0. The second-order valence-electron chi connectivity index (χ2n) is 4.06. The smallest absolute Gasteiger partial charge is 0.191 e. The Morgan fingerprint density at radius 3 is 2.86 bits per heavy atom. The summed E-state index contributed by atoms with van der Waals surface area (Å²) in [5.74, 6) is 0.846. The van der Waals surface area contributed by atoms with Crippen LogP contribution in [0.25, 0.3) is 0 Å². The molecule has 78 valence electrons. The summed E-state index contributed by atoms with van der Waals surface area (Å²) in [6, 6.07) is 0.607. The predicted molar refractivity (Wildman–Crippen MR) is 52.8 cm³/mol. The van der Waals surface area contributed by atoms with Crippen LogP contribution in [0, 0.1) is 0 Å². The Labute approximate surface area is 83.9 Å². The van der Waals surface area contributed by atoms with Crippen LogP contribution in [0.1, 0.15) is 51.0 Å². The molecule has 0 amide bonds. The Morgan fingerprint density at radius 2 is 2.29 bits per heavy atom.